The molecule has 3 amide bonds. The molecule has 1 atom stereocenters. The maximum absolute atomic E-state index is 12.4. The van der Waals surface area contributed by atoms with E-state index in [1.165, 1.54) is 17.4 Å². The molecule has 1 aromatic heterocycles. The summed E-state index contributed by atoms with van der Waals surface area (Å²) in [5, 5.41) is 10.6. The van der Waals surface area contributed by atoms with Gasteiger partial charge in [0, 0.05) is 29.7 Å². The number of rotatable bonds is 6. The zero-order chi connectivity index (χ0) is 19.3. The fourth-order valence-electron chi connectivity index (χ4n) is 2.63. The largest absolute Gasteiger partial charge is 0.336 e. The SMILES string of the molecule is CC(=O)Nc1ccc(C)c(NC(=O)NCC(c2sccc2C)N(C)C)c1. The third-order valence-electron chi connectivity index (χ3n) is 4.09. The zero-order valence-electron chi connectivity index (χ0n) is 15.8. The number of benzene rings is 1. The predicted molar refractivity (Wildman–Crippen MR) is 108 cm³/mol. The van der Waals surface area contributed by atoms with Crippen LogP contribution in [0.15, 0.2) is 29.6 Å². The van der Waals surface area contributed by atoms with Crippen molar-refractivity contribution in [3.63, 3.8) is 0 Å². The van der Waals surface area contributed by atoms with Crippen LogP contribution in [-0.4, -0.2) is 37.5 Å². The van der Waals surface area contributed by atoms with Gasteiger partial charge in [-0.25, -0.2) is 4.79 Å². The molecule has 0 aliphatic heterocycles. The molecule has 7 heteroatoms. The second-order valence-corrected chi connectivity index (χ2v) is 7.44. The average molecular weight is 375 g/mol. The Morgan fingerprint density at radius 2 is 1.85 bits per heavy atom. The summed E-state index contributed by atoms with van der Waals surface area (Å²) in [5.41, 5.74) is 3.48. The lowest BCUT2D eigenvalue weighted by atomic mass is 10.1. The summed E-state index contributed by atoms with van der Waals surface area (Å²) in [5.74, 6) is -0.149. The van der Waals surface area contributed by atoms with Crippen LogP contribution in [0.25, 0.3) is 0 Å². The summed E-state index contributed by atoms with van der Waals surface area (Å²) in [4.78, 5) is 26.9. The highest BCUT2D eigenvalue weighted by atomic mass is 32.1. The fourth-order valence-corrected chi connectivity index (χ4v) is 3.75. The highest BCUT2D eigenvalue weighted by Crippen LogP contribution is 2.27. The molecule has 26 heavy (non-hydrogen) atoms. The van der Waals surface area contributed by atoms with Crippen molar-refractivity contribution in [3.05, 3.63) is 45.6 Å². The molecule has 0 aliphatic carbocycles. The fraction of sp³-hybridized carbons (Fsp3) is 0.368. The lowest BCUT2D eigenvalue weighted by Gasteiger charge is -2.24. The summed E-state index contributed by atoms with van der Waals surface area (Å²) in [6.07, 6.45) is 0. The van der Waals surface area contributed by atoms with E-state index in [0.29, 0.717) is 17.9 Å². The molecular formula is C19H26N4O2S. The van der Waals surface area contributed by atoms with Gasteiger partial charge in [-0.05, 0) is 62.6 Å². The Balaban J connectivity index is 2.02. The highest BCUT2D eigenvalue weighted by Gasteiger charge is 2.18. The molecule has 0 bridgehead atoms. The van der Waals surface area contributed by atoms with Gasteiger partial charge in [0.25, 0.3) is 0 Å². The van der Waals surface area contributed by atoms with Crippen molar-refractivity contribution in [1.82, 2.24) is 10.2 Å². The molecule has 1 heterocycles. The summed E-state index contributed by atoms with van der Waals surface area (Å²) < 4.78 is 0. The first-order valence-corrected chi connectivity index (χ1v) is 9.29. The number of amides is 3. The molecule has 6 nitrogen and oxygen atoms in total. The second-order valence-electron chi connectivity index (χ2n) is 6.49. The molecule has 0 saturated carbocycles. The number of nitrogens with zero attached hydrogens (tertiary/aromatic N) is 1. The Labute approximate surface area is 158 Å². The van der Waals surface area contributed by atoms with Crippen molar-refractivity contribution in [1.29, 1.82) is 0 Å². The van der Waals surface area contributed by atoms with Crippen LogP contribution in [-0.2, 0) is 4.79 Å². The van der Waals surface area contributed by atoms with E-state index in [1.807, 2.05) is 33.2 Å². The third-order valence-corrected chi connectivity index (χ3v) is 5.21. The normalized spacial score (nSPS) is 11.9. The van der Waals surface area contributed by atoms with Gasteiger partial charge in [-0.15, -0.1) is 11.3 Å². The molecule has 1 aromatic carbocycles. The molecule has 0 radical (unpaired) electrons. The number of aryl methyl sites for hydroxylation is 2. The van der Waals surface area contributed by atoms with E-state index in [2.05, 4.69) is 39.2 Å². The third kappa shape index (κ3) is 5.31. The Morgan fingerprint density at radius 1 is 1.12 bits per heavy atom. The average Bonchev–Trinajstić information content (AvgIpc) is 2.96. The van der Waals surface area contributed by atoms with E-state index >= 15 is 0 Å². The van der Waals surface area contributed by atoms with Crippen LogP contribution in [0, 0.1) is 13.8 Å². The van der Waals surface area contributed by atoms with Gasteiger partial charge in [-0.3, -0.25) is 4.79 Å². The molecule has 3 N–H and O–H groups in total. The van der Waals surface area contributed by atoms with Crippen LogP contribution in [0.4, 0.5) is 16.2 Å². The van der Waals surface area contributed by atoms with Crippen molar-refractivity contribution < 1.29 is 9.59 Å². The van der Waals surface area contributed by atoms with Crippen LogP contribution in [0.3, 0.4) is 0 Å². The topological polar surface area (TPSA) is 73.5 Å². The Hall–Kier alpha value is -2.38. The Morgan fingerprint density at radius 3 is 2.42 bits per heavy atom. The van der Waals surface area contributed by atoms with Crippen LogP contribution in [0.2, 0.25) is 0 Å². The van der Waals surface area contributed by atoms with Crippen molar-refractivity contribution in [2.75, 3.05) is 31.3 Å². The molecule has 0 saturated heterocycles. The van der Waals surface area contributed by atoms with Gasteiger partial charge in [0.2, 0.25) is 5.91 Å². The van der Waals surface area contributed by atoms with Gasteiger partial charge in [0.15, 0.2) is 0 Å². The highest BCUT2D eigenvalue weighted by molar-refractivity contribution is 7.10. The maximum atomic E-state index is 12.4. The summed E-state index contributed by atoms with van der Waals surface area (Å²) >= 11 is 1.70. The van der Waals surface area contributed by atoms with Gasteiger partial charge in [0.05, 0.1) is 6.04 Å². The standard InChI is InChI=1S/C19H26N4O2S/c1-12-6-7-15(21-14(3)24)10-16(12)22-19(25)20-11-17(23(4)5)18-13(2)8-9-26-18/h6-10,17H,11H2,1-5H3,(H,21,24)(H2,20,22,25). The second kappa shape index (κ2) is 8.82. The van der Waals surface area contributed by atoms with E-state index in [9.17, 15) is 9.59 Å². The molecule has 0 fully saturated rings. The van der Waals surface area contributed by atoms with E-state index < -0.39 is 0 Å². The summed E-state index contributed by atoms with van der Waals surface area (Å²) in [7, 11) is 4.01. The molecule has 0 aliphatic rings. The molecule has 2 aromatic rings. The van der Waals surface area contributed by atoms with Gasteiger partial charge in [-0.1, -0.05) is 6.07 Å². The van der Waals surface area contributed by atoms with E-state index in [0.717, 1.165) is 5.56 Å². The Bertz CT molecular complexity index is 786. The number of hydrogen-bond donors (Lipinski definition) is 3. The van der Waals surface area contributed by atoms with Crippen molar-refractivity contribution in [2.45, 2.75) is 26.8 Å². The molecule has 0 spiro atoms. The maximum Gasteiger partial charge on any atom is 0.319 e. The number of urea groups is 1. The van der Waals surface area contributed by atoms with Crippen LogP contribution in [0.1, 0.15) is 29.0 Å². The van der Waals surface area contributed by atoms with Gasteiger partial charge < -0.3 is 20.9 Å². The Kier molecular flexibility index (Phi) is 6.76. The number of thiophene rings is 1. The van der Waals surface area contributed by atoms with Gasteiger partial charge in [-0.2, -0.15) is 0 Å². The van der Waals surface area contributed by atoms with Crippen molar-refractivity contribution in [2.24, 2.45) is 0 Å². The lowest BCUT2D eigenvalue weighted by molar-refractivity contribution is -0.114. The van der Waals surface area contributed by atoms with E-state index in [-0.39, 0.29) is 18.0 Å². The first kappa shape index (κ1) is 19.9. The predicted octanol–water partition coefficient (Wildman–Crippen LogP) is 3.75. The lowest BCUT2D eigenvalue weighted by Crippen LogP contribution is -2.37. The molecule has 140 valence electrons. The minimum Gasteiger partial charge on any atom is -0.336 e. The van der Waals surface area contributed by atoms with Crippen molar-refractivity contribution >= 4 is 34.6 Å². The minimum absolute atomic E-state index is 0.118. The van der Waals surface area contributed by atoms with E-state index in [1.54, 1.807) is 17.4 Å². The number of carbonyl (C=O) groups is 2. The number of likely N-dealkylation sites (N-methyl/N-ethyl adjacent to an activating group) is 1. The van der Waals surface area contributed by atoms with Crippen LogP contribution >= 0.6 is 11.3 Å². The summed E-state index contributed by atoms with van der Waals surface area (Å²) in [6, 6.07) is 7.36. The van der Waals surface area contributed by atoms with Gasteiger partial charge >= 0.3 is 6.03 Å². The molecule has 1 unspecified atom stereocenters. The molecule has 2 rings (SSSR count). The zero-order valence-corrected chi connectivity index (χ0v) is 16.7. The van der Waals surface area contributed by atoms with Crippen molar-refractivity contribution in [3.8, 4) is 0 Å². The first-order chi connectivity index (χ1) is 12.3. The van der Waals surface area contributed by atoms with Crippen LogP contribution in [0.5, 0.6) is 0 Å². The smallest absolute Gasteiger partial charge is 0.319 e. The number of hydrogen-bond acceptors (Lipinski definition) is 4. The number of anilines is 2. The van der Waals surface area contributed by atoms with Crippen LogP contribution < -0.4 is 16.0 Å². The quantitative estimate of drug-likeness (QED) is 0.721. The molecular weight excluding hydrogens is 348 g/mol. The number of carbonyl (C=O) groups excluding carboxylic acids is 2. The van der Waals surface area contributed by atoms with Gasteiger partial charge in [0.1, 0.15) is 0 Å². The monoisotopic (exact) mass is 374 g/mol. The summed E-state index contributed by atoms with van der Waals surface area (Å²) in [6.45, 7) is 5.95. The minimum atomic E-state index is -0.269. The number of nitrogens with one attached hydrogen (secondary N) is 3. The van der Waals surface area contributed by atoms with E-state index in [4.69, 9.17) is 0 Å². The first-order valence-electron chi connectivity index (χ1n) is 8.41.